The molecule has 0 bridgehead atoms. The molecule has 2 saturated carbocycles. The van der Waals surface area contributed by atoms with Crippen molar-refractivity contribution in [3.63, 3.8) is 0 Å². The van der Waals surface area contributed by atoms with E-state index in [4.69, 9.17) is 9.47 Å². The maximum absolute atomic E-state index is 14.1. The van der Waals surface area contributed by atoms with Crippen LogP contribution in [0.25, 0.3) is 0 Å². The highest BCUT2D eigenvalue weighted by atomic mass is 16.5. The smallest absolute Gasteiger partial charge is 0.250 e. The maximum Gasteiger partial charge on any atom is 0.250 e. The van der Waals surface area contributed by atoms with Crippen LogP contribution in [0.1, 0.15) is 103 Å². The molecule has 1 aromatic rings. The topological polar surface area (TPSA) is 59.1 Å². The first-order valence-electron chi connectivity index (χ1n) is 13.5. The Morgan fingerprint density at radius 1 is 0.824 bits per heavy atom. The van der Waals surface area contributed by atoms with Crippen LogP contribution in [-0.4, -0.2) is 53.5 Å². The van der Waals surface area contributed by atoms with Gasteiger partial charge < -0.3 is 19.3 Å². The zero-order valence-corrected chi connectivity index (χ0v) is 21.3. The van der Waals surface area contributed by atoms with Gasteiger partial charge in [-0.1, -0.05) is 57.4 Å². The van der Waals surface area contributed by atoms with Crippen LogP contribution in [0.3, 0.4) is 0 Å². The number of amides is 2. The van der Waals surface area contributed by atoms with Crippen molar-refractivity contribution in [3.8, 4) is 11.5 Å². The number of carbonyl (C=O) groups is 2. The molecule has 6 nitrogen and oxygen atoms in total. The number of piperazine rings is 1. The van der Waals surface area contributed by atoms with Crippen LogP contribution < -0.4 is 9.47 Å². The normalized spacial score (nSPS) is 23.7. The molecule has 4 rings (SSSR count). The zero-order valence-electron chi connectivity index (χ0n) is 21.3. The van der Waals surface area contributed by atoms with E-state index in [2.05, 4.69) is 0 Å². The quantitative estimate of drug-likeness (QED) is 0.540. The summed E-state index contributed by atoms with van der Waals surface area (Å²) >= 11 is 0. The summed E-state index contributed by atoms with van der Waals surface area (Å²) in [5, 5.41) is 0. The van der Waals surface area contributed by atoms with Crippen molar-refractivity contribution in [1.29, 1.82) is 0 Å². The summed E-state index contributed by atoms with van der Waals surface area (Å²) in [5.41, 5.74) is 0.828. The molecule has 0 aromatic heterocycles. The van der Waals surface area contributed by atoms with Gasteiger partial charge in [-0.3, -0.25) is 9.59 Å². The summed E-state index contributed by atoms with van der Waals surface area (Å²) in [7, 11) is 1.63. The molecular formula is C28H42N2O4. The van der Waals surface area contributed by atoms with Gasteiger partial charge in [-0.15, -0.1) is 0 Å². The van der Waals surface area contributed by atoms with E-state index in [-0.39, 0.29) is 36.5 Å². The van der Waals surface area contributed by atoms with E-state index in [9.17, 15) is 9.59 Å². The molecule has 1 aliphatic heterocycles. The van der Waals surface area contributed by atoms with Crippen molar-refractivity contribution in [2.45, 2.75) is 115 Å². The number of benzene rings is 1. The van der Waals surface area contributed by atoms with Crippen LogP contribution in [-0.2, 0) is 9.59 Å². The zero-order chi connectivity index (χ0) is 24.1. The summed E-state index contributed by atoms with van der Waals surface area (Å²) in [6.45, 7) is 4.19. The Morgan fingerprint density at radius 2 is 1.41 bits per heavy atom. The van der Waals surface area contributed by atoms with Crippen LogP contribution in [0.2, 0.25) is 0 Å². The third-order valence-corrected chi connectivity index (χ3v) is 7.74. The number of hydrogen-bond donors (Lipinski definition) is 0. The minimum atomic E-state index is -0.588. The monoisotopic (exact) mass is 470 g/mol. The van der Waals surface area contributed by atoms with Gasteiger partial charge in [0.15, 0.2) is 11.5 Å². The largest absolute Gasteiger partial charge is 0.493 e. The molecule has 1 saturated heterocycles. The van der Waals surface area contributed by atoms with Crippen molar-refractivity contribution in [3.05, 3.63) is 23.8 Å². The standard InChI is InChI=1S/C28H42N2O4/c1-20(2)34-24-17-16-21(18-25(24)33-3)27-28(32)29(22-12-10-7-11-13-22)19-26(31)30(27)23-14-8-5-4-6-9-15-23/h16-18,20,22-23,27H,4-15,19H2,1-3H3/t27-/m1/s1. The highest BCUT2D eigenvalue weighted by Gasteiger charge is 2.45. The molecule has 3 fully saturated rings. The fraction of sp³-hybridized carbons (Fsp3) is 0.714. The number of ether oxygens (including phenoxy) is 2. The SMILES string of the molecule is COc1cc([C@@H]2C(=O)N(C3CCCCC3)CC(=O)N2C2CCCCCCC2)ccc1OC(C)C. The molecule has 34 heavy (non-hydrogen) atoms. The molecule has 1 heterocycles. The Morgan fingerprint density at radius 3 is 2.03 bits per heavy atom. The van der Waals surface area contributed by atoms with E-state index in [0.717, 1.165) is 56.9 Å². The van der Waals surface area contributed by atoms with Gasteiger partial charge in [0, 0.05) is 12.1 Å². The summed E-state index contributed by atoms with van der Waals surface area (Å²) in [5.74, 6) is 1.45. The van der Waals surface area contributed by atoms with Crippen molar-refractivity contribution in [2.24, 2.45) is 0 Å². The van der Waals surface area contributed by atoms with Gasteiger partial charge in [0.25, 0.3) is 5.91 Å². The van der Waals surface area contributed by atoms with E-state index in [0.29, 0.717) is 11.5 Å². The lowest BCUT2D eigenvalue weighted by molar-refractivity contribution is -0.162. The van der Waals surface area contributed by atoms with Crippen LogP contribution in [0, 0.1) is 0 Å². The number of rotatable bonds is 6. The number of hydrogen-bond acceptors (Lipinski definition) is 4. The highest BCUT2D eigenvalue weighted by Crippen LogP contribution is 2.39. The first-order chi connectivity index (χ1) is 16.5. The molecule has 0 N–H and O–H groups in total. The van der Waals surface area contributed by atoms with Crippen LogP contribution in [0.4, 0.5) is 0 Å². The second-order valence-electron chi connectivity index (χ2n) is 10.5. The van der Waals surface area contributed by atoms with Crippen molar-refractivity contribution < 1.29 is 19.1 Å². The molecular weight excluding hydrogens is 428 g/mol. The van der Waals surface area contributed by atoms with Gasteiger partial charge in [-0.2, -0.15) is 0 Å². The van der Waals surface area contributed by atoms with E-state index < -0.39 is 6.04 Å². The molecule has 1 aromatic carbocycles. The Hall–Kier alpha value is -2.24. The van der Waals surface area contributed by atoms with Crippen LogP contribution >= 0.6 is 0 Å². The van der Waals surface area contributed by atoms with Gasteiger partial charge in [-0.05, 0) is 57.2 Å². The molecule has 6 heteroatoms. The third-order valence-electron chi connectivity index (χ3n) is 7.74. The van der Waals surface area contributed by atoms with Crippen LogP contribution in [0.15, 0.2) is 18.2 Å². The summed E-state index contributed by atoms with van der Waals surface area (Å²) in [4.78, 5) is 31.7. The van der Waals surface area contributed by atoms with Gasteiger partial charge in [0.1, 0.15) is 12.6 Å². The molecule has 0 unspecified atom stereocenters. The van der Waals surface area contributed by atoms with E-state index in [1.54, 1.807) is 7.11 Å². The minimum absolute atomic E-state index is 0.0193. The molecule has 188 valence electrons. The van der Waals surface area contributed by atoms with Crippen molar-refractivity contribution in [1.82, 2.24) is 9.80 Å². The van der Waals surface area contributed by atoms with Gasteiger partial charge in [-0.25, -0.2) is 0 Å². The third kappa shape index (κ3) is 5.52. The second-order valence-corrected chi connectivity index (χ2v) is 10.5. The summed E-state index contributed by atoms with van der Waals surface area (Å²) in [6.07, 6.45) is 13.4. The predicted octanol–water partition coefficient (Wildman–Crippen LogP) is 5.64. The maximum atomic E-state index is 14.1. The van der Waals surface area contributed by atoms with E-state index in [1.807, 2.05) is 41.8 Å². The molecule has 1 atom stereocenters. The first-order valence-corrected chi connectivity index (χ1v) is 13.5. The Kier molecular flexibility index (Phi) is 8.38. The van der Waals surface area contributed by atoms with Crippen LogP contribution in [0.5, 0.6) is 11.5 Å². The van der Waals surface area contributed by atoms with Crippen molar-refractivity contribution in [2.75, 3.05) is 13.7 Å². The molecule has 2 amide bonds. The Balaban J connectivity index is 1.70. The van der Waals surface area contributed by atoms with Gasteiger partial charge >= 0.3 is 0 Å². The average molecular weight is 471 g/mol. The predicted molar refractivity (Wildman–Crippen MR) is 133 cm³/mol. The molecule has 0 radical (unpaired) electrons. The number of nitrogens with zero attached hydrogens (tertiary/aromatic N) is 2. The number of methoxy groups -OCH3 is 1. The number of carbonyl (C=O) groups excluding carboxylic acids is 2. The Labute approximate surface area is 205 Å². The fourth-order valence-corrected chi connectivity index (χ4v) is 6.06. The first kappa shape index (κ1) is 24.9. The lowest BCUT2D eigenvalue weighted by Crippen LogP contribution is -2.60. The summed E-state index contributed by atoms with van der Waals surface area (Å²) in [6, 6.07) is 5.46. The van der Waals surface area contributed by atoms with Gasteiger partial charge in [0.2, 0.25) is 5.91 Å². The van der Waals surface area contributed by atoms with E-state index in [1.165, 1.54) is 25.7 Å². The molecule has 0 spiro atoms. The van der Waals surface area contributed by atoms with Crippen molar-refractivity contribution >= 4 is 11.8 Å². The average Bonchev–Trinajstić information content (AvgIpc) is 2.81. The highest BCUT2D eigenvalue weighted by molar-refractivity contribution is 5.96. The Bertz CT molecular complexity index is 841. The fourth-order valence-electron chi connectivity index (χ4n) is 6.06. The summed E-state index contributed by atoms with van der Waals surface area (Å²) < 4.78 is 11.6. The molecule has 3 aliphatic rings. The van der Waals surface area contributed by atoms with Gasteiger partial charge in [0.05, 0.1) is 13.2 Å². The minimum Gasteiger partial charge on any atom is -0.493 e. The molecule has 2 aliphatic carbocycles. The lowest BCUT2D eigenvalue weighted by Gasteiger charge is -2.47. The van der Waals surface area contributed by atoms with E-state index >= 15 is 0 Å². The second kappa shape index (κ2) is 11.5. The lowest BCUT2D eigenvalue weighted by atomic mass is 9.89.